The summed E-state index contributed by atoms with van der Waals surface area (Å²) < 4.78 is 5.08. The monoisotopic (exact) mass is 186 g/mol. The van der Waals surface area contributed by atoms with Gasteiger partial charge in [0.2, 0.25) is 0 Å². The molecule has 1 rings (SSSR count). The fraction of sp³-hybridized carbons (Fsp3) is 0.250. The lowest BCUT2D eigenvalue weighted by molar-refractivity contribution is 0.416. The fourth-order valence-electron chi connectivity index (χ4n) is 0.938. The molecule has 0 amide bonds. The van der Waals surface area contributed by atoms with Crippen molar-refractivity contribution in [3.8, 4) is 5.75 Å². The average Bonchev–Trinajstić information content (AvgIpc) is 2.16. The highest BCUT2D eigenvalue weighted by Crippen LogP contribution is 2.24. The molecule has 0 aromatic heterocycles. The second-order valence-corrected chi connectivity index (χ2v) is 2.58. The topological polar surface area (TPSA) is 47.3 Å². The van der Waals surface area contributed by atoms with Crippen molar-refractivity contribution >= 4 is 17.3 Å². The molecule has 0 aliphatic heterocycles. The van der Waals surface area contributed by atoms with E-state index in [1.54, 1.807) is 7.11 Å². The largest absolute Gasteiger partial charge is 0.495 e. The molecular weight excluding hydrogens is 176 g/mol. The molecule has 0 radical (unpaired) electrons. The lowest BCUT2D eigenvalue weighted by atomic mass is 10.2. The molecule has 66 valence electrons. The first-order chi connectivity index (χ1) is 5.81. The number of methoxy groups -OCH3 is 1. The maximum Gasteiger partial charge on any atom is 0.143 e. The van der Waals surface area contributed by atoms with E-state index in [1.165, 1.54) is 0 Å². The summed E-state index contributed by atoms with van der Waals surface area (Å²) in [6.07, 6.45) is 0. The summed E-state index contributed by atoms with van der Waals surface area (Å²) in [7, 11) is 1.59. The number of hydrogen-bond donors (Lipinski definition) is 2. The van der Waals surface area contributed by atoms with Crippen LogP contribution in [0.3, 0.4) is 0 Å². The Kier molecular flexibility index (Phi) is 3.19. The molecule has 0 bridgehead atoms. The molecule has 0 fully saturated rings. The predicted octanol–water partition coefficient (Wildman–Crippen LogP) is 1.72. The van der Waals surface area contributed by atoms with Crippen LogP contribution in [0, 0.1) is 0 Å². The number of hydrogen-bond acceptors (Lipinski definition) is 3. The number of nitrogens with two attached hydrogens (primary N) is 1. The van der Waals surface area contributed by atoms with Crippen LogP contribution in [0.25, 0.3) is 0 Å². The number of alkyl halides is 1. The number of halogens is 1. The molecule has 0 aliphatic rings. The predicted molar refractivity (Wildman–Crippen MR) is 50.4 cm³/mol. The van der Waals surface area contributed by atoms with E-state index >= 15 is 0 Å². The minimum Gasteiger partial charge on any atom is -0.495 e. The first-order valence-corrected chi connectivity index (χ1v) is 4.04. The first-order valence-electron chi connectivity index (χ1n) is 3.51. The van der Waals surface area contributed by atoms with Gasteiger partial charge < -0.3 is 10.2 Å². The Hall–Kier alpha value is -0.930. The van der Waals surface area contributed by atoms with Crippen LogP contribution in [0.15, 0.2) is 18.2 Å². The second kappa shape index (κ2) is 4.18. The van der Waals surface area contributed by atoms with Crippen molar-refractivity contribution in [3.63, 3.8) is 0 Å². The normalized spacial score (nSPS) is 9.58. The van der Waals surface area contributed by atoms with Crippen LogP contribution < -0.4 is 16.0 Å². The van der Waals surface area contributed by atoms with E-state index in [1.807, 2.05) is 18.2 Å². The number of nitrogen functional groups attached to an aromatic ring is 1. The van der Waals surface area contributed by atoms with Crippen LogP contribution in [0.1, 0.15) is 5.56 Å². The molecule has 0 unspecified atom stereocenters. The van der Waals surface area contributed by atoms with Crippen molar-refractivity contribution in [2.45, 2.75) is 5.88 Å². The van der Waals surface area contributed by atoms with Gasteiger partial charge in [0.25, 0.3) is 0 Å². The van der Waals surface area contributed by atoms with Gasteiger partial charge in [0.1, 0.15) is 5.75 Å². The zero-order chi connectivity index (χ0) is 8.97. The van der Waals surface area contributed by atoms with Gasteiger partial charge in [-0.25, -0.2) is 0 Å². The van der Waals surface area contributed by atoms with Gasteiger partial charge in [0, 0.05) is 5.88 Å². The maximum absolute atomic E-state index is 5.64. The zero-order valence-electron chi connectivity index (χ0n) is 6.80. The molecule has 3 nitrogen and oxygen atoms in total. The number of benzene rings is 1. The number of rotatable bonds is 3. The Morgan fingerprint density at radius 3 is 2.83 bits per heavy atom. The van der Waals surface area contributed by atoms with Crippen molar-refractivity contribution in [1.82, 2.24) is 0 Å². The Bertz CT molecular complexity index is 265. The third-order valence-corrected chi connectivity index (χ3v) is 1.88. The molecule has 0 saturated carbocycles. The zero-order valence-corrected chi connectivity index (χ0v) is 7.56. The van der Waals surface area contributed by atoms with Crippen LogP contribution in [0.2, 0.25) is 0 Å². The number of ether oxygens (including phenoxy) is 1. The van der Waals surface area contributed by atoms with Crippen LogP contribution in [0.5, 0.6) is 5.75 Å². The minimum atomic E-state index is 0.473. The third-order valence-electron chi connectivity index (χ3n) is 1.58. The Morgan fingerprint density at radius 2 is 2.33 bits per heavy atom. The minimum absolute atomic E-state index is 0.473. The molecule has 0 atom stereocenters. The van der Waals surface area contributed by atoms with Gasteiger partial charge in [-0.1, -0.05) is 6.07 Å². The van der Waals surface area contributed by atoms with E-state index in [-0.39, 0.29) is 0 Å². The number of nitrogens with one attached hydrogen (secondary N) is 1. The lowest BCUT2D eigenvalue weighted by Crippen LogP contribution is -2.08. The van der Waals surface area contributed by atoms with E-state index in [9.17, 15) is 0 Å². The summed E-state index contributed by atoms with van der Waals surface area (Å²) in [5, 5.41) is 0. The SMILES string of the molecule is COc1cc(CCl)ccc1NN. The molecule has 1 aromatic rings. The number of hydrazine groups is 1. The van der Waals surface area contributed by atoms with E-state index in [0.717, 1.165) is 11.3 Å². The van der Waals surface area contributed by atoms with Gasteiger partial charge in [-0.2, -0.15) is 0 Å². The van der Waals surface area contributed by atoms with Gasteiger partial charge in [-0.3, -0.25) is 5.84 Å². The van der Waals surface area contributed by atoms with E-state index < -0.39 is 0 Å². The van der Waals surface area contributed by atoms with Crippen molar-refractivity contribution in [2.24, 2.45) is 5.84 Å². The fourth-order valence-corrected chi connectivity index (χ4v) is 1.10. The Balaban J connectivity index is 3.02. The number of anilines is 1. The summed E-state index contributed by atoms with van der Waals surface area (Å²) in [4.78, 5) is 0. The average molecular weight is 187 g/mol. The first kappa shape index (κ1) is 9.16. The summed E-state index contributed by atoms with van der Waals surface area (Å²) in [6.45, 7) is 0. The van der Waals surface area contributed by atoms with Gasteiger partial charge in [-0.05, 0) is 17.7 Å². The molecule has 3 N–H and O–H groups in total. The second-order valence-electron chi connectivity index (χ2n) is 2.31. The van der Waals surface area contributed by atoms with Gasteiger partial charge >= 0.3 is 0 Å². The molecule has 4 heteroatoms. The lowest BCUT2D eigenvalue weighted by Gasteiger charge is -2.08. The Morgan fingerprint density at radius 1 is 1.58 bits per heavy atom. The highest BCUT2D eigenvalue weighted by atomic mass is 35.5. The van der Waals surface area contributed by atoms with Crippen molar-refractivity contribution in [1.29, 1.82) is 0 Å². The quantitative estimate of drug-likeness (QED) is 0.429. The van der Waals surface area contributed by atoms with Crippen LogP contribution in [-0.2, 0) is 5.88 Å². The van der Waals surface area contributed by atoms with Crippen molar-refractivity contribution < 1.29 is 4.74 Å². The van der Waals surface area contributed by atoms with E-state index in [2.05, 4.69) is 5.43 Å². The van der Waals surface area contributed by atoms with Gasteiger partial charge in [0.05, 0.1) is 12.8 Å². The van der Waals surface area contributed by atoms with E-state index in [0.29, 0.717) is 11.6 Å². The van der Waals surface area contributed by atoms with E-state index in [4.69, 9.17) is 22.2 Å². The summed E-state index contributed by atoms with van der Waals surface area (Å²) in [5.74, 6) is 6.43. The molecule has 0 aliphatic carbocycles. The van der Waals surface area contributed by atoms with Crippen LogP contribution >= 0.6 is 11.6 Å². The summed E-state index contributed by atoms with van der Waals surface area (Å²) >= 11 is 5.64. The molecular formula is C8H11ClN2O. The maximum atomic E-state index is 5.64. The van der Waals surface area contributed by atoms with Crippen LogP contribution in [0.4, 0.5) is 5.69 Å². The molecule has 0 spiro atoms. The third kappa shape index (κ3) is 1.81. The summed E-state index contributed by atoms with van der Waals surface area (Å²) in [5.41, 5.74) is 4.29. The smallest absolute Gasteiger partial charge is 0.143 e. The molecule has 0 saturated heterocycles. The molecule has 12 heavy (non-hydrogen) atoms. The summed E-state index contributed by atoms with van der Waals surface area (Å²) in [6, 6.07) is 5.57. The Labute approximate surface area is 76.4 Å². The molecule has 1 aromatic carbocycles. The van der Waals surface area contributed by atoms with Crippen molar-refractivity contribution in [3.05, 3.63) is 23.8 Å². The van der Waals surface area contributed by atoms with Crippen LogP contribution in [-0.4, -0.2) is 7.11 Å². The standard InChI is InChI=1S/C8H11ClN2O/c1-12-8-4-6(5-9)2-3-7(8)11-10/h2-4,11H,5,10H2,1H3. The van der Waals surface area contributed by atoms with Gasteiger partial charge in [-0.15, -0.1) is 11.6 Å². The highest BCUT2D eigenvalue weighted by molar-refractivity contribution is 6.17. The molecule has 0 heterocycles. The highest BCUT2D eigenvalue weighted by Gasteiger charge is 2.01. The van der Waals surface area contributed by atoms with Crippen molar-refractivity contribution in [2.75, 3.05) is 12.5 Å². The van der Waals surface area contributed by atoms with Gasteiger partial charge in [0.15, 0.2) is 0 Å².